The number of pyridine rings is 1. The minimum Gasteiger partial charge on any atom is -0.468 e. The van der Waals surface area contributed by atoms with Crippen LogP contribution in [0.25, 0.3) is 16.9 Å². The van der Waals surface area contributed by atoms with Crippen LogP contribution in [0.3, 0.4) is 0 Å². The Labute approximate surface area is 159 Å². The molecule has 0 spiro atoms. The van der Waals surface area contributed by atoms with E-state index in [4.69, 9.17) is 14.7 Å². The maximum atomic E-state index is 5.54. The van der Waals surface area contributed by atoms with E-state index >= 15 is 0 Å². The number of rotatable bonds is 4. The lowest BCUT2D eigenvalue weighted by atomic mass is 9.85. The number of piperidine rings is 1. The molecule has 2 bridgehead atoms. The van der Waals surface area contributed by atoms with Crippen LogP contribution in [0, 0.1) is 5.41 Å². The molecule has 0 amide bonds. The Morgan fingerprint density at radius 3 is 2.85 bits per heavy atom. The van der Waals surface area contributed by atoms with Gasteiger partial charge < -0.3 is 9.64 Å². The van der Waals surface area contributed by atoms with Gasteiger partial charge in [0, 0.05) is 36.0 Å². The first-order valence-corrected chi connectivity index (χ1v) is 9.58. The van der Waals surface area contributed by atoms with E-state index in [9.17, 15) is 0 Å². The summed E-state index contributed by atoms with van der Waals surface area (Å²) < 4.78 is 7.58. The molecule has 2 aliphatic heterocycles. The molecule has 3 aromatic rings. The van der Waals surface area contributed by atoms with Gasteiger partial charge in [-0.15, -0.1) is 0 Å². The van der Waals surface area contributed by atoms with Gasteiger partial charge in [-0.1, -0.05) is 43.3 Å². The van der Waals surface area contributed by atoms with Gasteiger partial charge in [-0.25, -0.2) is 4.98 Å². The molecule has 2 aromatic heterocycles. The van der Waals surface area contributed by atoms with Gasteiger partial charge in [0.15, 0.2) is 5.65 Å². The van der Waals surface area contributed by atoms with Crippen molar-refractivity contribution in [3.63, 3.8) is 0 Å². The largest absolute Gasteiger partial charge is 0.468 e. The monoisotopic (exact) mass is 360 g/mol. The molecular formula is C22H24N4O. The second kappa shape index (κ2) is 6.12. The number of ether oxygens (including phenoxy) is 1. The Kier molecular flexibility index (Phi) is 3.71. The van der Waals surface area contributed by atoms with Crippen molar-refractivity contribution >= 4 is 16.9 Å². The second-order valence-corrected chi connectivity index (χ2v) is 7.95. The van der Waals surface area contributed by atoms with Gasteiger partial charge in [0.05, 0.1) is 13.7 Å². The molecular weight excluding hydrogens is 336 g/mol. The van der Waals surface area contributed by atoms with Gasteiger partial charge in [-0.3, -0.25) is 4.57 Å². The number of hydrogen-bond acceptors (Lipinski definition) is 4. The molecule has 1 unspecified atom stereocenters. The fourth-order valence-corrected chi connectivity index (χ4v) is 4.47. The molecule has 1 aromatic carbocycles. The third-order valence-electron chi connectivity index (χ3n) is 5.77. The third kappa shape index (κ3) is 2.78. The number of nitrogens with zero attached hydrogens (tertiary/aromatic N) is 4. The number of methoxy groups -OCH3 is 1. The second-order valence-electron chi connectivity index (χ2n) is 7.95. The van der Waals surface area contributed by atoms with Crippen molar-refractivity contribution < 1.29 is 4.74 Å². The molecule has 5 rings (SSSR count). The van der Waals surface area contributed by atoms with E-state index in [0.717, 1.165) is 29.8 Å². The highest BCUT2D eigenvalue weighted by molar-refractivity contribution is 5.79. The zero-order valence-corrected chi connectivity index (χ0v) is 15.9. The summed E-state index contributed by atoms with van der Waals surface area (Å²) in [5.41, 5.74) is 5.71. The first kappa shape index (κ1) is 16.4. The molecule has 0 N–H and O–H groups in total. The van der Waals surface area contributed by atoms with Crippen LogP contribution in [0.2, 0.25) is 0 Å². The van der Waals surface area contributed by atoms with Crippen molar-refractivity contribution in [1.82, 2.24) is 19.4 Å². The summed E-state index contributed by atoms with van der Waals surface area (Å²) in [4.78, 5) is 12.0. The van der Waals surface area contributed by atoms with Gasteiger partial charge in [0.25, 0.3) is 6.01 Å². The van der Waals surface area contributed by atoms with Crippen LogP contribution < -0.4 is 4.74 Å². The van der Waals surface area contributed by atoms with E-state index < -0.39 is 0 Å². The Morgan fingerprint density at radius 2 is 2.07 bits per heavy atom. The molecule has 1 saturated heterocycles. The van der Waals surface area contributed by atoms with Crippen LogP contribution in [0.4, 0.5) is 0 Å². The predicted octanol–water partition coefficient (Wildman–Crippen LogP) is 3.94. The summed E-state index contributed by atoms with van der Waals surface area (Å²) in [6.07, 6.45) is 6.94. The molecule has 2 aliphatic rings. The molecule has 5 heteroatoms. The average Bonchev–Trinajstić information content (AvgIpc) is 3.15. The maximum absolute atomic E-state index is 5.54. The summed E-state index contributed by atoms with van der Waals surface area (Å²) in [6.45, 7) is 5.30. The molecule has 1 fully saturated rings. The van der Waals surface area contributed by atoms with Gasteiger partial charge in [-0.05, 0) is 24.5 Å². The lowest BCUT2D eigenvalue weighted by Crippen LogP contribution is -2.33. The van der Waals surface area contributed by atoms with Gasteiger partial charge >= 0.3 is 0 Å². The smallest absolute Gasteiger partial charge is 0.298 e. The molecule has 0 aliphatic carbocycles. The molecule has 5 nitrogen and oxygen atoms in total. The maximum Gasteiger partial charge on any atom is 0.298 e. The Balaban J connectivity index is 1.56. The van der Waals surface area contributed by atoms with Crippen molar-refractivity contribution in [2.24, 2.45) is 5.41 Å². The molecule has 4 heterocycles. The lowest BCUT2D eigenvalue weighted by molar-refractivity contribution is 0.228. The molecule has 1 atom stereocenters. The highest BCUT2D eigenvalue weighted by atomic mass is 16.5. The van der Waals surface area contributed by atoms with Gasteiger partial charge in [-0.2, -0.15) is 4.98 Å². The zero-order chi connectivity index (χ0) is 18.4. The molecule has 27 heavy (non-hydrogen) atoms. The summed E-state index contributed by atoms with van der Waals surface area (Å²) in [5, 5.41) is 0. The van der Waals surface area contributed by atoms with Crippen LogP contribution in [0.15, 0.2) is 48.7 Å². The minimum atomic E-state index is 0.299. The summed E-state index contributed by atoms with van der Waals surface area (Å²) in [7, 11) is 1.67. The number of benzene rings is 1. The van der Waals surface area contributed by atoms with Crippen LogP contribution in [0.5, 0.6) is 6.01 Å². The van der Waals surface area contributed by atoms with Crippen molar-refractivity contribution in [2.75, 3.05) is 20.2 Å². The minimum absolute atomic E-state index is 0.299. The molecule has 0 radical (unpaired) electrons. The summed E-state index contributed by atoms with van der Waals surface area (Å²) >= 11 is 0. The van der Waals surface area contributed by atoms with E-state index in [1.54, 1.807) is 7.11 Å². The van der Waals surface area contributed by atoms with E-state index in [0.29, 0.717) is 18.0 Å². The highest BCUT2D eigenvalue weighted by Gasteiger charge is 2.37. The first-order valence-electron chi connectivity index (χ1n) is 9.58. The Morgan fingerprint density at radius 1 is 1.22 bits per heavy atom. The van der Waals surface area contributed by atoms with E-state index in [1.807, 2.05) is 29.0 Å². The van der Waals surface area contributed by atoms with Crippen LogP contribution >= 0.6 is 0 Å². The van der Waals surface area contributed by atoms with Gasteiger partial charge in [0.2, 0.25) is 0 Å². The first-order chi connectivity index (χ1) is 13.1. The third-order valence-corrected chi connectivity index (χ3v) is 5.77. The standard InChI is InChI=1S/C22H24N4O/c1-22-9-6-10-25(15-22)19(12-22)17-11-18-20(23-13-17)26(21(24-18)27-2)14-16-7-4-3-5-8-16/h3-5,7-8,11-13H,6,9-10,14-15H2,1-2H3. The van der Waals surface area contributed by atoms with Gasteiger partial charge in [0.1, 0.15) is 5.52 Å². The number of imidazole rings is 1. The number of fused-ring (bicyclic) bond motifs is 3. The number of aromatic nitrogens is 3. The van der Waals surface area contributed by atoms with Crippen LogP contribution in [-0.4, -0.2) is 39.6 Å². The topological polar surface area (TPSA) is 43.2 Å². The molecule has 0 saturated carbocycles. The SMILES string of the molecule is COc1nc2cc(C3=CC4(C)CCCN3C4)cnc2n1Cc1ccccc1. The Hall–Kier alpha value is -2.82. The van der Waals surface area contributed by atoms with Crippen LogP contribution in [-0.2, 0) is 6.54 Å². The zero-order valence-electron chi connectivity index (χ0n) is 15.9. The normalized spacial score (nSPS) is 21.6. The van der Waals surface area contributed by atoms with E-state index in [2.05, 4.69) is 36.1 Å². The van der Waals surface area contributed by atoms with Crippen molar-refractivity contribution in [3.8, 4) is 6.01 Å². The summed E-state index contributed by atoms with van der Waals surface area (Å²) in [5.74, 6) is 0. The number of hydrogen-bond donors (Lipinski definition) is 0. The Bertz CT molecular complexity index is 1020. The predicted molar refractivity (Wildman–Crippen MR) is 107 cm³/mol. The van der Waals surface area contributed by atoms with Crippen molar-refractivity contribution in [1.29, 1.82) is 0 Å². The quantitative estimate of drug-likeness (QED) is 0.707. The van der Waals surface area contributed by atoms with E-state index in [1.165, 1.54) is 24.1 Å². The summed E-state index contributed by atoms with van der Waals surface area (Å²) in [6, 6.07) is 13.1. The van der Waals surface area contributed by atoms with Crippen molar-refractivity contribution in [2.45, 2.75) is 26.3 Å². The lowest BCUT2D eigenvalue weighted by Gasteiger charge is -2.32. The average molecular weight is 360 g/mol. The van der Waals surface area contributed by atoms with E-state index in [-0.39, 0.29) is 0 Å². The fraction of sp³-hybridized carbons (Fsp3) is 0.364. The fourth-order valence-electron chi connectivity index (χ4n) is 4.47. The highest BCUT2D eigenvalue weighted by Crippen LogP contribution is 2.43. The molecule has 138 valence electrons. The van der Waals surface area contributed by atoms with Crippen LogP contribution in [0.1, 0.15) is 30.9 Å². The van der Waals surface area contributed by atoms with Crippen molar-refractivity contribution in [3.05, 3.63) is 59.8 Å².